The first-order valence-corrected chi connectivity index (χ1v) is 7.22. The van der Waals surface area contributed by atoms with E-state index >= 15 is 0 Å². The number of rotatable bonds is 3. The van der Waals surface area contributed by atoms with Gasteiger partial charge in [-0.15, -0.1) is 0 Å². The van der Waals surface area contributed by atoms with Gasteiger partial charge in [0.15, 0.2) is 0 Å². The van der Waals surface area contributed by atoms with Crippen LogP contribution in [0.25, 0.3) is 22.2 Å². The number of aromatic amines is 1. The van der Waals surface area contributed by atoms with Gasteiger partial charge < -0.3 is 9.72 Å². The maximum absolute atomic E-state index is 5.17. The fourth-order valence-electron chi connectivity index (χ4n) is 2.56. The molecule has 0 amide bonds. The molecule has 0 saturated heterocycles. The summed E-state index contributed by atoms with van der Waals surface area (Å²) in [5.41, 5.74) is 5.79. The van der Waals surface area contributed by atoms with Gasteiger partial charge >= 0.3 is 0 Å². The number of fused-ring (bicyclic) bond motifs is 1. The summed E-state index contributed by atoms with van der Waals surface area (Å²) in [5, 5.41) is 1.26. The fourth-order valence-corrected chi connectivity index (χ4v) is 2.56. The highest BCUT2D eigenvalue weighted by molar-refractivity contribution is 5.87. The lowest BCUT2D eigenvalue weighted by molar-refractivity contribution is 0.413. The summed E-state index contributed by atoms with van der Waals surface area (Å²) in [5.74, 6) is 1.28. The second-order valence-corrected chi connectivity index (χ2v) is 5.72. The van der Waals surface area contributed by atoms with Crippen molar-refractivity contribution in [3.8, 4) is 17.0 Å². The number of nitrogens with one attached hydrogen (secondary N) is 1. The maximum Gasteiger partial charge on any atom is 0.137 e. The molecule has 3 rings (SSSR count). The smallest absolute Gasteiger partial charge is 0.137 e. The Labute approximate surface area is 125 Å². The minimum Gasteiger partial charge on any atom is -0.495 e. The second kappa shape index (κ2) is 5.24. The van der Waals surface area contributed by atoms with Crippen LogP contribution in [0, 0.1) is 6.92 Å². The molecular formula is C18H20N2O. The Hall–Kier alpha value is -2.29. The molecule has 3 aromatic rings. The molecule has 0 unspecified atom stereocenters. The molecule has 0 spiro atoms. The number of methoxy groups -OCH3 is 1. The molecule has 21 heavy (non-hydrogen) atoms. The van der Waals surface area contributed by atoms with Crippen molar-refractivity contribution in [2.75, 3.05) is 7.11 Å². The molecule has 2 heterocycles. The summed E-state index contributed by atoms with van der Waals surface area (Å²) in [4.78, 5) is 7.99. The molecule has 0 aliphatic carbocycles. The number of nitrogens with zero attached hydrogens (tertiary/aromatic N) is 1. The molecule has 108 valence electrons. The zero-order valence-electron chi connectivity index (χ0n) is 12.9. The van der Waals surface area contributed by atoms with Crippen molar-refractivity contribution >= 4 is 10.9 Å². The first kappa shape index (κ1) is 13.7. The SMILES string of the molecule is COc1ccc(-c2cc3[nH]c(C(C)C)cc3cc2C)nc1. The largest absolute Gasteiger partial charge is 0.495 e. The van der Waals surface area contributed by atoms with Gasteiger partial charge in [0.25, 0.3) is 0 Å². The molecule has 0 radical (unpaired) electrons. The van der Waals surface area contributed by atoms with Gasteiger partial charge in [-0.2, -0.15) is 0 Å². The zero-order chi connectivity index (χ0) is 15.0. The second-order valence-electron chi connectivity index (χ2n) is 5.72. The van der Waals surface area contributed by atoms with Gasteiger partial charge in [-0.1, -0.05) is 13.8 Å². The van der Waals surface area contributed by atoms with E-state index in [-0.39, 0.29) is 0 Å². The maximum atomic E-state index is 5.17. The topological polar surface area (TPSA) is 37.9 Å². The minimum absolute atomic E-state index is 0.500. The molecule has 0 fully saturated rings. The highest BCUT2D eigenvalue weighted by atomic mass is 16.5. The van der Waals surface area contributed by atoms with Gasteiger partial charge in [0.1, 0.15) is 5.75 Å². The number of pyridine rings is 1. The molecule has 0 aliphatic rings. The zero-order valence-corrected chi connectivity index (χ0v) is 12.9. The number of hydrogen-bond donors (Lipinski definition) is 1. The van der Waals surface area contributed by atoms with Crippen LogP contribution < -0.4 is 4.74 Å². The van der Waals surface area contributed by atoms with Gasteiger partial charge in [0.2, 0.25) is 0 Å². The summed E-state index contributed by atoms with van der Waals surface area (Å²) in [6.07, 6.45) is 1.76. The average molecular weight is 280 g/mol. The van der Waals surface area contributed by atoms with Crippen LogP contribution in [0.2, 0.25) is 0 Å². The normalized spacial score (nSPS) is 11.3. The van der Waals surface area contributed by atoms with Crippen LogP contribution in [0.1, 0.15) is 31.0 Å². The molecule has 0 bridgehead atoms. The molecule has 3 nitrogen and oxygen atoms in total. The third kappa shape index (κ3) is 2.51. The Bertz CT molecular complexity index is 770. The number of aromatic nitrogens is 2. The fraction of sp³-hybridized carbons (Fsp3) is 0.278. The molecule has 0 aliphatic heterocycles. The van der Waals surface area contributed by atoms with E-state index in [1.807, 2.05) is 12.1 Å². The molecule has 1 N–H and O–H groups in total. The summed E-state index contributed by atoms with van der Waals surface area (Å²) in [7, 11) is 1.65. The van der Waals surface area contributed by atoms with Crippen molar-refractivity contribution in [2.45, 2.75) is 26.7 Å². The summed E-state index contributed by atoms with van der Waals surface area (Å²) < 4.78 is 5.17. The summed E-state index contributed by atoms with van der Waals surface area (Å²) >= 11 is 0. The molecule has 2 aromatic heterocycles. The van der Waals surface area contributed by atoms with Crippen molar-refractivity contribution in [2.24, 2.45) is 0 Å². The lowest BCUT2D eigenvalue weighted by Crippen LogP contribution is -1.89. The first-order valence-electron chi connectivity index (χ1n) is 7.22. The van der Waals surface area contributed by atoms with Crippen LogP contribution in [-0.4, -0.2) is 17.1 Å². The highest BCUT2D eigenvalue weighted by Crippen LogP contribution is 2.29. The van der Waals surface area contributed by atoms with Crippen molar-refractivity contribution in [3.05, 3.63) is 47.8 Å². The molecular weight excluding hydrogens is 260 g/mol. The first-order chi connectivity index (χ1) is 10.1. The van der Waals surface area contributed by atoms with Gasteiger partial charge in [0, 0.05) is 16.8 Å². The monoisotopic (exact) mass is 280 g/mol. The quantitative estimate of drug-likeness (QED) is 0.757. The van der Waals surface area contributed by atoms with E-state index in [1.165, 1.54) is 16.6 Å². The van der Waals surface area contributed by atoms with Crippen LogP contribution in [-0.2, 0) is 0 Å². The molecule has 0 atom stereocenters. The number of H-pyrrole nitrogens is 1. The van der Waals surface area contributed by atoms with E-state index in [0.717, 1.165) is 22.5 Å². The average Bonchev–Trinajstić information content (AvgIpc) is 2.89. The third-order valence-electron chi connectivity index (χ3n) is 3.86. The van der Waals surface area contributed by atoms with E-state index in [0.29, 0.717) is 5.92 Å². The lowest BCUT2D eigenvalue weighted by Gasteiger charge is -2.07. The number of benzene rings is 1. The number of ether oxygens (including phenoxy) is 1. The summed E-state index contributed by atoms with van der Waals surface area (Å²) in [6.45, 7) is 6.52. The molecule has 3 heteroatoms. The van der Waals surface area contributed by atoms with Crippen molar-refractivity contribution in [1.29, 1.82) is 0 Å². The van der Waals surface area contributed by atoms with Gasteiger partial charge in [-0.25, -0.2) is 0 Å². The van der Waals surface area contributed by atoms with E-state index in [9.17, 15) is 0 Å². The Morgan fingerprint density at radius 3 is 2.57 bits per heavy atom. The third-order valence-corrected chi connectivity index (χ3v) is 3.86. The lowest BCUT2D eigenvalue weighted by atomic mass is 10.0. The van der Waals surface area contributed by atoms with E-state index in [2.05, 4.69) is 48.9 Å². The van der Waals surface area contributed by atoms with E-state index in [4.69, 9.17) is 4.74 Å². The highest BCUT2D eigenvalue weighted by Gasteiger charge is 2.09. The van der Waals surface area contributed by atoms with E-state index in [1.54, 1.807) is 13.3 Å². The number of aryl methyl sites for hydroxylation is 1. The summed E-state index contributed by atoms with van der Waals surface area (Å²) in [6, 6.07) is 10.6. The Balaban J connectivity index is 2.10. The molecule has 0 saturated carbocycles. The molecule has 1 aromatic carbocycles. The predicted molar refractivity (Wildman–Crippen MR) is 86.9 cm³/mol. The van der Waals surface area contributed by atoms with Gasteiger partial charge in [-0.05, 0) is 54.1 Å². The number of hydrogen-bond acceptors (Lipinski definition) is 2. The predicted octanol–water partition coefficient (Wildman–Crippen LogP) is 4.67. The van der Waals surface area contributed by atoms with Crippen LogP contribution in [0.15, 0.2) is 36.5 Å². The Kier molecular flexibility index (Phi) is 3.42. The standard InChI is InChI=1S/C18H20N2O/c1-11(2)17-8-13-7-12(3)15(9-18(13)20-17)16-6-5-14(21-4)10-19-16/h5-11,20H,1-4H3. The van der Waals surface area contributed by atoms with Crippen molar-refractivity contribution in [3.63, 3.8) is 0 Å². The van der Waals surface area contributed by atoms with Crippen LogP contribution in [0.3, 0.4) is 0 Å². The minimum atomic E-state index is 0.500. The Morgan fingerprint density at radius 1 is 1.14 bits per heavy atom. The van der Waals surface area contributed by atoms with Gasteiger partial charge in [-0.3, -0.25) is 4.98 Å². The van der Waals surface area contributed by atoms with Crippen molar-refractivity contribution in [1.82, 2.24) is 9.97 Å². The van der Waals surface area contributed by atoms with Crippen LogP contribution in [0.4, 0.5) is 0 Å². The Morgan fingerprint density at radius 2 is 1.95 bits per heavy atom. The van der Waals surface area contributed by atoms with Crippen molar-refractivity contribution < 1.29 is 4.74 Å². The van der Waals surface area contributed by atoms with Crippen LogP contribution >= 0.6 is 0 Å². The van der Waals surface area contributed by atoms with Gasteiger partial charge in [0.05, 0.1) is 19.0 Å². The van der Waals surface area contributed by atoms with Crippen LogP contribution in [0.5, 0.6) is 5.75 Å². The van der Waals surface area contributed by atoms with E-state index < -0.39 is 0 Å².